The van der Waals surface area contributed by atoms with Crippen LogP contribution in [0, 0.1) is 34.5 Å². The molecule has 4 saturated carbocycles. The molecule has 4 aliphatic rings. The summed E-state index contributed by atoms with van der Waals surface area (Å²) >= 11 is 0. The Kier molecular flexibility index (Phi) is 6.76. The second-order valence-electron chi connectivity index (χ2n) is 12.7. The molecule has 0 saturated heterocycles. The van der Waals surface area contributed by atoms with Gasteiger partial charge in [-0.3, -0.25) is 10.2 Å². The van der Waals surface area contributed by atoms with Crippen LogP contribution in [0.3, 0.4) is 0 Å². The van der Waals surface area contributed by atoms with E-state index in [9.17, 15) is 4.79 Å². The van der Waals surface area contributed by atoms with E-state index >= 15 is 0 Å². The highest BCUT2D eigenvalue weighted by molar-refractivity contribution is 5.97. The van der Waals surface area contributed by atoms with Gasteiger partial charge in [-0.15, -0.1) is 0 Å². The van der Waals surface area contributed by atoms with Gasteiger partial charge in [0.2, 0.25) is 0 Å². The van der Waals surface area contributed by atoms with E-state index in [2.05, 4.69) is 62.7 Å². The number of rotatable bonds is 5. The summed E-state index contributed by atoms with van der Waals surface area (Å²) in [6.45, 7) is 11.1. The molecule has 0 heterocycles. The lowest BCUT2D eigenvalue weighted by Crippen LogP contribution is -2.54. The Morgan fingerprint density at radius 3 is 2.51 bits per heavy atom. The fourth-order valence-electron chi connectivity index (χ4n) is 8.79. The Labute approximate surface area is 211 Å². The molecule has 0 bridgehead atoms. The number of fused-ring (bicyclic) bond motifs is 5. The quantitative estimate of drug-likeness (QED) is 0.379. The molecule has 4 fully saturated rings. The number of nitrogens with zero attached hydrogens (tertiary/aromatic N) is 1. The number of anilines is 1. The molecule has 5 nitrogen and oxygen atoms in total. The van der Waals surface area contributed by atoms with Crippen LogP contribution < -0.4 is 10.7 Å². The summed E-state index contributed by atoms with van der Waals surface area (Å²) in [7, 11) is 0. The Morgan fingerprint density at radius 2 is 1.80 bits per heavy atom. The van der Waals surface area contributed by atoms with Crippen molar-refractivity contribution in [3.8, 4) is 0 Å². The Hall–Kier alpha value is -1.88. The predicted molar refractivity (Wildman–Crippen MR) is 142 cm³/mol. The lowest BCUT2D eigenvalue weighted by atomic mass is 9.45. The van der Waals surface area contributed by atoms with E-state index in [1.165, 1.54) is 44.2 Å². The monoisotopic (exact) mass is 479 g/mol. The van der Waals surface area contributed by atoms with Crippen molar-refractivity contribution in [3.63, 3.8) is 0 Å². The first kappa shape index (κ1) is 24.8. The molecule has 8 atom stereocenters. The summed E-state index contributed by atoms with van der Waals surface area (Å²) in [5.41, 5.74) is 6.32. The largest absolute Gasteiger partial charge is 0.463 e. The van der Waals surface area contributed by atoms with E-state index in [0.717, 1.165) is 30.4 Å². The van der Waals surface area contributed by atoms with Crippen LogP contribution in [0.1, 0.15) is 86.0 Å². The second kappa shape index (κ2) is 9.53. The van der Waals surface area contributed by atoms with Gasteiger partial charge in [0.05, 0.1) is 11.4 Å². The molecule has 5 rings (SSSR count). The number of carbonyl (C=O) groups excluding carboxylic acids is 1. The molecule has 0 radical (unpaired) electrons. The fourth-order valence-corrected chi connectivity index (χ4v) is 8.79. The number of nitrogens with one attached hydrogen (secondary N) is 2. The van der Waals surface area contributed by atoms with Gasteiger partial charge in [0.1, 0.15) is 6.10 Å². The molecule has 0 aromatic heterocycles. The standard InChI is InChI=1S/C30H45N3O2/c1-19(2)31-27-18-26-24-12-11-21-17-23(35-20(3)34)13-15-29(21,4)25(24)14-16-30(26,5)28(27)33-32-22-9-7-6-8-10-22/h6-10,19,21,23-27,31-32H,11-18H2,1-5H3/b33-28-/t21-,23-,24+,25-,26?,27-,29-,30-/m0/s1. The van der Waals surface area contributed by atoms with E-state index in [1.54, 1.807) is 6.92 Å². The highest BCUT2D eigenvalue weighted by atomic mass is 16.5. The van der Waals surface area contributed by atoms with Crippen LogP contribution in [0.2, 0.25) is 0 Å². The second-order valence-corrected chi connectivity index (χ2v) is 12.7. The summed E-state index contributed by atoms with van der Waals surface area (Å²) in [6, 6.07) is 11.1. The highest BCUT2D eigenvalue weighted by Crippen LogP contribution is 2.65. The van der Waals surface area contributed by atoms with Gasteiger partial charge in [-0.25, -0.2) is 0 Å². The van der Waals surface area contributed by atoms with Crippen LogP contribution in [-0.2, 0) is 9.53 Å². The van der Waals surface area contributed by atoms with Crippen molar-refractivity contribution < 1.29 is 9.53 Å². The van der Waals surface area contributed by atoms with Crippen molar-refractivity contribution in [1.29, 1.82) is 0 Å². The number of benzene rings is 1. The number of hydrogen-bond donors (Lipinski definition) is 2. The molecule has 35 heavy (non-hydrogen) atoms. The predicted octanol–water partition coefficient (Wildman–Crippen LogP) is 6.41. The molecule has 4 aliphatic carbocycles. The van der Waals surface area contributed by atoms with Crippen molar-refractivity contribution in [1.82, 2.24) is 5.32 Å². The minimum Gasteiger partial charge on any atom is -0.463 e. The minimum absolute atomic E-state index is 0.119. The van der Waals surface area contributed by atoms with Gasteiger partial charge < -0.3 is 10.1 Å². The van der Waals surface area contributed by atoms with E-state index in [-0.39, 0.29) is 17.5 Å². The van der Waals surface area contributed by atoms with E-state index in [1.807, 2.05) is 6.07 Å². The third kappa shape index (κ3) is 4.54. The van der Waals surface area contributed by atoms with Gasteiger partial charge in [-0.2, -0.15) is 5.10 Å². The first-order valence-electron chi connectivity index (χ1n) is 14.0. The third-order valence-corrected chi connectivity index (χ3v) is 10.4. The normalized spacial score (nSPS) is 41.7. The number of hydrazone groups is 1. The Balaban J connectivity index is 1.39. The van der Waals surface area contributed by atoms with Crippen LogP contribution in [0.5, 0.6) is 0 Å². The molecule has 1 aromatic carbocycles. The van der Waals surface area contributed by atoms with Gasteiger partial charge in [-0.05, 0) is 92.6 Å². The van der Waals surface area contributed by atoms with Crippen LogP contribution >= 0.6 is 0 Å². The van der Waals surface area contributed by atoms with Gasteiger partial charge in [0, 0.05) is 24.4 Å². The molecule has 5 heteroatoms. The lowest BCUT2D eigenvalue weighted by Gasteiger charge is -2.60. The molecular weight excluding hydrogens is 434 g/mol. The first-order chi connectivity index (χ1) is 16.7. The number of hydrogen-bond acceptors (Lipinski definition) is 5. The first-order valence-corrected chi connectivity index (χ1v) is 14.0. The van der Waals surface area contributed by atoms with Crippen LogP contribution in [0.15, 0.2) is 35.4 Å². The van der Waals surface area contributed by atoms with Crippen molar-refractivity contribution in [2.75, 3.05) is 5.43 Å². The Morgan fingerprint density at radius 1 is 1.03 bits per heavy atom. The number of esters is 1. The van der Waals surface area contributed by atoms with Gasteiger partial charge in [0.15, 0.2) is 0 Å². The van der Waals surface area contributed by atoms with Crippen LogP contribution in [0.4, 0.5) is 5.69 Å². The summed E-state index contributed by atoms with van der Waals surface area (Å²) < 4.78 is 5.67. The zero-order chi connectivity index (χ0) is 24.8. The van der Waals surface area contributed by atoms with Crippen molar-refractivity contribution in [3.05, 3.63) is 30.3 Å². The van der Waals surface area contributed by atoms with Crippen molar-refractivity contribution in [2.24, 2.45) is 39.6 Å². The fraction of sp³-hybridized carbons (Fsp3) is 0.733. The Bertz CT molecular complexity index is 946. The molecular formula is C30H45N3O2. The summed E-state index contributed by atoms with van der Waals surface area (Å²) in [5.74, 6) is 2.79. The SMILES string of the molecule is CC(=O)O[C@H]1CC[C@@]2(C)[C@@H](CC[C@H]3C4C[C@H](NC(C)C)/C(=N/Nc5ccccc5)[C@@]4(C)CC[C@@H]32)C1. The summed E-state index contributed by atoms with van der Waals surface area (Å²) in [6.07, 6.45) is 9.72. The summed E-state index contributed by atoms with van der Waals surface area (Å²) in [5, 5.41) is 8.99. The molecule has 192 valence electrons. The van der Waals surface area contributed by atoms with Gasteiger partial charge in [-0.1, -0.05) is 45.9 Å². The van der Waals surface area contributed by atoms with E-state index in [4.69, 9.17) is 9.84 Å². The molecule has 0 aliphatic heterocycles. The molecule has 2 N–H and O–H groups in total. The van der Waals surface area contributed by atoms with Crippen LogP contribution in [0.25, 0.3) is 0 Å². The maximum absolute atomic E-state index is 11.6. The van der Waals surface area contributed by atoms with Crippen molar-refractivity contribution in [2.45, 2.75) is 104 Å². The zero-order valence-corrected chi connectivity index (χ0v) is 22.3. The van der Waals surface area contributed by atoms with Gasteiger partial charge in [0.25, 0.3) is 0 Å². The summed E-state index contributed by atoms with van der Waals surface area (Å²) in [4.78, 5) is 11.6. The maximum Gasteiger partial charge on any atom is 0.302 e. The molecule has 1 unspecified atom stereocenters. The number of para-hydroxylation sites is 1. The van der Waals surface area contributed by atoms with E-state index in [0.29, 0.717) is 29.3 Å². The third-order valence-electron chi connectivity index (χ3n) is 10.4. The molecule has 0 spiro atoms. The van der Waals surface area contributed by atoms with Crippen molar-refractivity contribution >= 4 is 17.4 Å². The average molecular weight is 480 g/mol. The lowest BCUT2D eigenvalue weighted by molar-refractivity contribution is -0.158. The van der Waals surface area contributed by atoms with Gasteiger partial charge >= 0.3 is 5.97 Å². The average Bonchev–Trinajstić information content (AvgIpc) is 3.08. The topological polar surface area (TPSA) is 62.7 Å². The minimum atomic E-state index is -0.119. The molecule has 1 aromatic rings. The smallest absolute Gasteiger partial charge is 0.302 e. The van der Waals surface area contributed by atoms with E-state index < -0.39 is 0 Å². The number of ether oxygens (including phenoxy) is 1. The zero-order valence-electron chi connectivity index (χ0n) is 22.3. The maximum atomic E-state index is 11.6. The highest BCUT2D eigenvalue weighted by Gasteiger charge is 2.61. The van der Waals surface area contributed by atoms with Crippen LogP contribution in [-0.4, -0.2) is 29.9 Å². The number of carbonyl (C=O) groups is 1. The molecule has 0 amide bonds.